The predicted octanol–water partition coefficient (Wildman–Crippen LogP) is 2.73. The first kappa shape index (κ1) is 7.19. The highest BCUT2D eigenvalue weighted by molar-refractivity contribution is 5.21. The number of alkyl halides is 2. The Kier molecular flexibility index (Phi) is 2.00. The van der Waals surface area contributed by atoms with Crippen LogP contribution in [0.4, 0.5) is 8.78 Å². The van der Waals surface area contributed by atoms with Crippen LogP contribution in [0.15, 0.2) is 18.2 Å². The van der Waals surface area contributed by atoms with E-state index in [1.54, 1.807) is 19.1 Å². The Hall–Kier alpha value is -0.920. The molecule has 0 unspecified atom stereocenters. The zero-order valence-corrected chi connectivity index (χ0v) is 5.57. The Labute approximate surface area is 58.5 Å². The summed E-state index contributed by atoms with van der Waals surface area (Å²) in [5.74, 6) is 0. The van der Waals surface area contributed by atoms with E-state index in [1.165, 1.54) is 6.07 Å². The van der Waals surface area contributed by atoms with Gasteiger partial charge >= 0.3 is 0 Å². The molecule has 1 aromatic rings. The van der Waals surface area contributed by atoms with Crippen molar-refractivity contribution in [2.45, 2.75) is 13.3 Å². The monoisotopic (exact) mass is 141 g/mol. The van der Waals surface area contributed by atoms with Crippen LogP contribution in [0.25, 0.3) is 0 Å². The van der Waals surface area contributed by atoms with E-state index >= 15 is 0 Å². The second kappa shape index (κ2) is 2.78. The quantitative estimate of drug-likeness (QED) is 0.564. The molecule has 10 heavy (non-hydrogen) atoms. The van der Waals surface area contributed by atoms with Crippen LogP contribution in [-0.4, -0.2) is 0 Å². The smallest absolute Gasteiger partial charge is 0.205 e. The van der Waals surface area contributed by atoms with Gasteiger partial charge in [-0.15, -0.1) is 0 Å². The number of benzene rings is 1. The molecule has 0 N–H and O–H groups in total. The van der Waals surface area contributed by atoms with Crippen LogP contribution >= 0.6 is 0 Å². The second-order valence-electron chi connectivity index (χ2n) is 2.09. The van der Waals surface area contributed by atoms with Gasteiger partial charge in [-0.05, 0) is 18.6 Å². The highest BCUT2D eigenvalue weighted by atomic mass is 19.3. The number of aryl methyl sites for hydroxylation is 1. The second-order valence-corrected chi connectivity index (χ2v) is 2.09. The summed E-state index contributed by atoms with van der Waals surface area (Å²) < 4.78 is 23.8. The molecule has 0 nitrogen and oxygen atoms in total. The van der Waals surface area contributed by atoms with Gasteiger partial charge in [-0.1, -0.05) is 18.2 Å². The topological polar surface area (TPSA) is 0 Å². The van der Waals surface area contributed by atoms with Gasteiger partial charge < -0.3 is 0 Å². The van der Waals surface area contributed by atoms with Crippen molar-refractivity contribution < 1.29 is 8.78 Å². The van der Waals surface area contributed by atoms with Crippen molar-refractivity contribution >= 4 is 0 Å². The predicted molar refractivity (Wildman–Crippen MR) is 35.0 cm³/mol. The average molecular weight is 141 g/mol. The zero-order valence-electron chi connectivity index (χ0n) is 5.57. The van der Waals surface area contributed by atoms with E-state index in [0.717, 1.165) is 5.56 Å². The van der Waals surface area contributed by atoms with E-state index in [4.69, 9.17) is 0 Å². The van der Waals surface area contributed by atoms with Crippen LogP contribution in [0.1, 0.15) is 17.6 Å². The Balaban J connectivity index is 2.96. The van der Waals surface area contributed by atoms with Crippen molar-refractivity contribution in [3.8, 4) is 0 Å². The first-order valence-electron chi connectivity index (χ1n) is 2.97. The van der Waals surface area contributed by atoms with Crippen LogP contribution in [0, 0.1) is 13.0 Å². The van der Waals surface area contributed by atoms with Crippen molar-refractivity contribution in [2.75, 3.05) is 0 Å². The summed E-state index contributed by atoms with van der Waals surface area (Å²) in [6, 6.07) is 7.28. The van der Waals surface area contributed by atoms with Crippen molar-refractivity contribution in [3.63, 3.8) is 0 Å². The van der Waals surface area contributed by atoms with Gasteiger partial charge in [0.25, 0.3) is 6.43 Å². The molecule has 0 fully saturated rings. The highest BCUT2D eigenvalue weighted by Crippen LogP contribution is 2.17. The molecule has 1 aromatic carbocycles. The summed E-state index contributed by atoms with van der Waals surface area (Å²) in [4.78, 5) is 0. The summed E-state index contributed by atoms with van der Waals surface area (Å²) in [6.45, 7) is 1.74. The summed E-state index contributed by atoms with van der Waals surface area (Å²) in [5, 5.41) is 0. The summed E-state index contributed by atoms with van der Waals surface area (Å²) in [7, 11) is 0. The van der Waals surface area contributed by atoms with Crippen LogP contribution in [0.3, 0.4) is 0 Å². The van der Waals surface area contributed by atoms with E-state index in [2.05, 4.69) is 6.07 Å². The minimum absolute atomic E-state index is 0.0278. The lowest BCUT2D eigenvalue weighted by atomic mass is 10.1. The first-order chi connectivity index (χ1) is 4.70. The number of hydrogen-bond donors (Lipinski definition) is 0. The van der Waals surface area contributed by atoms with E-state index < -0.39 is 6.43 Å². The molecule has 0 aromatic heterocycles. The van der Waals surface area contributed by atoms with Gasteiger partial charge in [-0.2, -0.15) is 0 Å². The first-order valence-corrected chi connectivity index (χ1v) is 2.97. The lowest BCUT2D eigenvalue weighted by Crippen LogP contribution is -1.84. The molecule has 53 valence electrons. The number of hydrogen-bond acceptors (Lipinski definition) is 0. The summed E-state index contributed by atoms with van der Waals surface area (Å²) in [5.41, 5.74) is 0.720. The Morgan fingerprint density at radius 3 is 2.50 bits per heavy atom. The van der Waals surface area contributed by atoms with Crippen molar-refractivity contribution in [1.82, 2.24) is 0 Å². The maximum Gasteiger partial charge on any atom is 0.264 e. The fourth-order valence-electron chi connectivity index (χ4n) is 0.734. The molecular weight excluding hydrogens is 134 g/mol. The fourth-order valence-corrected chi connectivity index (χ4v) is 0.734. The molecule has 0 bridgehead atoms. The van der Waals surface area contributed by atoms with Gasteiger partial charge in [0.2, 0.25) is 0 Å². The van der Waals surface area contributed by atoms with Crippen LogP contribution in [-0.2, 0) is 0 Å². The van der Waals surface area contributed by atoms with E-state index in [-0.39, 0.29) is 5.56 Å². The van der Waals surface area contributed by atoms with Crippen molar-refractivity contribution in [2.24, 2.45) is 0 Å². The van der Waals surface area contributed by atoms with Crippen LogP contribution in [0.2, 0.25) is 0 Å². The molecular formula is C8H7F2. The van der Waals surface area contributed by atoms with Gasteiger partial charge in [0.15, 0.2) is 0 Å². The third kappa shape index (κ3) is 1.53. The zero-order chi connectivity index (χ0) is 7.56. The minimum Gasteiger partial charge on any atom is -0.205 e. The summed E-state index contributed by atoms with van der Waals surface area (Å²) >= 11 is 0. The Morgan fingerprint density at radius 2 is 2.10 bits per heavy atom. The highest BCUT2D eigenvalue weighted by Gasteiger charge is 2.05. The Morgan fingerprint density at radius 1 is 1.40 bits per heavy atom. The van der Waals surface area contributed by atoms with Crippen molar-refractivity contribution in [3.05, 3.63) is 35.4 Å². The number of halogens is 2. The fraction of sp³-hybridized carbons (Fsp3) is 0.250. The molecule has 0 spiro atoms. The molecule has 0 heterocycles. The molecule has 0 saturated heterocycles. The molecule has 0 aliphatic heterocycles. The molecule has 1 radical (unpaired) electrons. The van der Waals surface area contributed by atoms with E-state index in [9.17, 15) is 8.78 Å². The minimum atomic E-state index is -2.40. The largest absolute Gasteiger partial charge is 0.264 e. The standard InChI is InChI=1S/C8H7F2/c1-6-3-2-4-7(5-6)8(9)10/h2-4,8H,1H3. The van der Waals surface area contributed by atoms with E-state index in [1.807, 2.05) is 0 Å². The molecule has 2 heteroatoms. The molecule has 0 aliphatic carbocycles. The maximum atomic E-state index is 11.9. The SMILES string of the molecule is Cc1[c]c(C(F)F)ccc1. The third-order valence-electron chi connectivity index (χ3n) is 1.20. The summed E-state index contributed by atoms with van der Waals surface area (Å²) in [6.07, 6.45) is -2.40. The molecule has 1 rings (SSSR count). The van der Waals surface area contributed by atoms with Gasteiger partial charge in [0, 0.05) is 5.56 Å². The molecule has 0 saturated carbocycles. The molecule has 0 aliphatic rings. The molecule has 0 amide bonds. The van der Waals surface area contributed by atoms with Gasteiger partial charge in [-0.3, -0.25) is 0 Å². The maximum absolute atomic E-state index is 11.9. The lowest BCUT2D eigenvalue weighted by molar-refractivity contribution is 0.151. The van der Waals surface area contributed by atoms with Gasteiger partial charge in [0.1, 0.15) is 0 Å². The normalized spacial score (nSPS) is 10.4. The van der Waals surface area contributed by atoms with Gasteiger partial charge in [-0.25, -0.2) is 8.78 Å². The van der Waals surface area contributed by atoms with E-state index in [0.29, 0.717) is 0 Å². The molecule has 0 atom stereocenters. The van der Waals surface area contributed by atoms with Crippen LogP contribution in [0.5, 0.6) is 0 Å². The van der Waals surface area contributed by atoms with Crippen molar-refractivity contribution in [1.29, 1.82) is 0 Å². The number of rotatable bonds is 1. The van der Waals surface area contributed by atoms with Crippen LogP contribution < -0.4 is 0 Å². The Bertz CT molecular complexity index is 218. The average Bonchev–Trinajstić information content (AvgIpc) is 1.88. The lowest BCUT2D eigenvalue weighted by Gasteiger charge is -1.97. The third-order valence-corrected chi connectivity index (χ3v) is 1.20. The van der Waals surface area contributed by atoms with Gasteiger partial charge in [0.05, 0.1) is 0 Å².